The summed E-state index contributed by atoms with van der Waals surface area (Å²) in [5.41, 5.74) is 3.58. The van der Waals surface area contributed by atoms with Crippen LogP contribution in [0.1, 0.15) is 16.6 Å². The summed E-state index contributed by atoms with van der Waals surface area (Å²) in [5, 5.41) is 6.76. The normalized spacial score (nSPS) is 12.6. The van der Waals surface area contributed by atoms with Crippen molar-refractivity contribution in [1.82, 2.24) is 15.2 Å². The number of halogens is 1. The molecule has 0 aliphatic rings. The number of ether oxygens (including phenoxy) is 2. The highest BCUT2D eigenvalue weighted by atomic mass is 35.5. The third-order valence-electron chi connectivity index (χ3n) is 2.92. The van der Waals surface area contributed by atoms with E-state index in [2.05, 4.69) is 10.5 Å². The molecule has 0 aliphatic heterocycles. The van der Waals surface area contributed by atoms with Gasteiger partial charge in [0.2, 0.25) is 0 Å². The van der Waals surface area contributed by atoms with E-state index in [0.29, 0.717) is 18.2 Å². The van der Waals surface area contributed by atoms with Crippen LogP contribution in [0.15, 0.2) is 17.6 Å². The molecule has 6 nitrogen and oxygen atoms in total. The maximum absolute atomic E-state index is 6.25. The fourth-order valence-electron chi connectivity index (χ4n) is 1.98. The molecule has 2 heterocycles. The van der Waals surface area contributed by atoms with Crippen LogP contribution in [0.3, 0.4) is 0 Å². The number of methoxy groups -OCH3 is 2. The van der Waals surface area contributed by atoms with Gasteiger partial charge in [-0.2, -0.15) is 5.10 Å². The van der Waals surface area contributed by atoms with Crippen LogP contribution in [0.4, 0.5) is 0 Å². The van der Waals surface area contributed by atoms with Gasteiger partial charge in [-0.1, -0.05) is 11.6 Å². The Kier molecular flexibility index (Phi) is 5.38. The number of nitrogens with two attached hydrogens (primary N) is 1. The average molecular weight is 317 g/mol. The Morgan fingerprint density at radius 2 is 2.35 bits per heavy atom. The van der Waals surface area contributed by atoms with Gasteiger partial charge in [0, 0.05) is 7.11 Å². The van der Waals surface area contributed by atoms with E-state index in [0.717, 1.165) is 16.3 Å². The van der Waals surface area contributed by atoms with Gasteiger partial charge < -0.3 is 9.47 Å². The van der Waals surface area contributed by atoms with E-state index in [9.17, 15) is 0 Å². The molecule has 0 saturated heterocycles. The Morgan fingerprint density at radius 1 is 1.55 bits per heavy atom. The molecule has 0 saturated carbocycles. The van der Waals surface area contributed by atoms with Crippen LogP contribution in [-0.2, 0) is 11.3 Å². The van der Waals surface area contributed by atoms with Gasteiger partial charge in [0.05, 0.1) is 42.1 Å². The lowest BCUT2D eigenvalue weighted by atomic mass is 10.1. The first kappa shape index (κ1) is 15.3. The molecule has 1 atom stereocenters. The molecular formula is C12H17ClN4O2S. The molecule has 0 aliphatic carbocycles. The second kappa shape index (κ2) is 7.05. The minimum atomic E-state index is -0.281. The topological polar surface area (TPSA) is 74.3 Å². The van der Waals surface area contributed by atoms with Crippen molar-refractivity contribution in [2.45, 2.75) is 12.6 Å². The molecule has 2 aromatic rings. The highest BCUT2D eigenvalue weighted by Crippen LogP contribution is 2.36. The fourth-order valence-corrected chi connectivity index (χ4v) is 3.15. The first-order valence-electron chi connectivity index (χ1n) is 6.00. The van der Waals surface area contributed by atoms with Gasteiger partial charge in [-0.05, 0) is 11.4 Å². The monoisotopic (exact) mass is 316 g/mol. The Bertz CT molecular complexity index is 557. The number of hydrogen-bond acceptors (Lipinski definition) is 6. The standard InChI is InChI=1S/C12H17ClN4O2S/c1-18-5-4-17-11(8(13)7-15-17)10(16-14)12-9(19-2)3-6-20-12/h3,6-7,10,16H,4-5,14H2,1-2H3. The lowest BCUT2D eigenvalue weighted by Gasteiger charge is -2.18. The van der Waals surface area contributed by atoms with Crippen molar-refractivity contribution in [3.05, 3.63) is 33.2 Å². The molecule has 0 spiro atoms. The quantitative estimate of drug-likeness (QED) is 0.602. The molecule has 0 amide bonds. The number of thiophene rings is 1. The van der Waals surface area contributed by atoms with Crippen molar-refractivity contribution >= 4 is 22.9 Å². The maximum atomic E-state index is 6.25. The number of nitrogens with zero attached hydrogens (tertiary/aromatic N) is 2. The van der Waals surface area contributed by atoms with Crippen LogP contribution in [0.2, 0.25) is 5.02 Å². The van der Waals surface area contributed by atoms with Gasteiger partial charge in [0.25, 0.3) is 0 Å². The highest BCUT2D eigenvalue weighted by molar-refractivity contribution is 7.10. The average Bonchev–Trinajstić information content (AvgIpc) is 3.06. The van der Waals surface area contributed by atoms with Gasteiger partial charge in [-0.3, -0.25) is 10.5 Å². The van der Waals surface area contributed by atoms with Crippen molar-refractivity contribution in [2.24, 2.45) is 5.84 Å². The molecule has 2 aromatic heterocycles. The number of hydrazine groups is 1. The molecule has 0 fully saturated rings. The van der Waals surface area contributed by atoms with Crippen molar-refractivity contribution in [3.63, 3.8) is 0 Å². The predicted octanol–water partition coefficient (Wildman–Crippen LogP) is 1.81. The van der Waals surface area contributed by atoms with E-state index < -0.39 is 0 Å². The second-order valence-corrected chi connectivity index (χ2v) is 5.40. The molecule has 0 bridgehead atoms. The number of nitrogens with one attached hydrogen (secondary N) is 1. The van der Waals surface area contributed by atoms with E-state index in [1.165, 1.54) is 0 Å². The summed E-state index contributed by atoms with van der Waals surface area (Å²) >= 11 is 7.80. The molecule has 20 heavy (non-hydrogen) atoms. The summed E-state index contributed by atoms with van der Waals surface area (Å²) < 4.78 is 12.2. The molecule has 0 radical (unpaired) electrons. The fraction of sp³-hybridized carbons (Fsp3) is 0.417. The van der Waals surface area contributed by atoms with Crippen LogP contribution in [0.25, 0.3) is 0 Å². The van der Waals surface area contributed by atoms with Gasteiger partial charge in [-0.15, -0.1) is 11.3 Å². The zero-order chi connectivity index (χ0) is 14.5. The van der Waals surface area contributed by atoms with Crippen LogP contribution in [0.5, 0.6) is 5.75 Å². The summed E-state index contributed by atoms with van der Waals surface area (Å²) in [7, 11) is 3.27. The van der Waals surface area contributed by atoms with Crippen LogP contribution >= 0.6 is 22.9 Å². The minimum absolute atomic E-state index is 0.281. The Labute approximate surface area is 126 Å². The Morgan fingerprint density at radius 3 is 3.00 bits per heavy atom. The largest absolute Gasteiger partial charge is 0.496 e. The molecule has 3 N–H and O–H groups in total. The molecule has 110 valence electrons. The molecule has 8 heteroatoms. The van der Waals surface area contributed by atoms with Crippen molar-refractivity contribution in [3.8, 4) is 5.75 Å². The van der Waals surface area contributed by atoms with E-state index in [1.807, 2.05) is 11.4 Å². The summed E-state index contributed by atoms with van der Waals surface area (Å²) in [5.74, 6) is 6.49. The van der Waals surface area contributed by atoms with E-state index in [-0.39, 0.29) is 6.04 Å². The number of hydrogen-bond donors (Lipinski definition) is 2. The van der Waals surface area contributed by atoms with Crippen LogP contribution < -0.4 is 16.0 Å². The highest BCUT2D eigenvalue weighted by Gasteiger charge is 2.25. The second-order valence-electron chi connectivity index (χ2n) is 4.05. The Balaban J connectivity index is 2.39. The lowest BCUT2D eigenvalue weighted by molar-refractivity contribution is 0.182. The van der Waals surface area contributed by atoms with Crippen molar-refractivity contribution in [1.29, 1.82) is 0 Å². The molecule has 0 aromatic carbocycles. The number of aromatic nitrogens is 2. The third kappa shape index (κ3) is 2.97. The lowest BCUT2D eigenvalue weighted by Crippen LogP contribution is -2.31. The van der Waals surface area contributed by atoms with Crippen molar-refractivity contribution < 1.29 is 9.47 Å². The summed E-state index contributed by atoms with van der Waals surface area (Å²) in [6.07, 6.45) is 1.61. The van der Waals surface area contributed by atoms with Gasteiger partial charge in [0.1, 0.15) is 11.8 Å². The first-order chi connectivity index (χ1) is 9.72. The smallest absolute Gasteiger partial charge is 0.134 e. The molecule has 1 unspecified atom stereocenters. The molecule has 2 rings (SSSR count). The zero-order valence-electron chi connectivity index (χ0n) is 11.3. The van der Waals surface area contributed by atoms with E-state index in [1.54, 1.807) is 36.4 Å². The summed E-state index contributed by atoms with van der Waals surface area (Å²) in [6.45, 7) is 1.15. The molecular weight excluding hydrogens is 300 g/mol. The first-order valence-corrected chi connectivity index (χ1v) is 7.26. The number of rotatable bonds is 7. The zero-order valence-corrected chi connectivity index (χ0v) is 12.9. The minimum Gasteiger partial charge on any atom is -0.496 e. The van der Waals surface area contributed by atoms with Gasteiger partial charge >= 0.3 is 0 Å². The Hall–Kier alpha value is -1.12. The van der Waals surface area contributed by atoms with E-state index in [4.69, 9.17) is 26.9 Å². The maximum Gasteiger partial charge on any atom is 0.134 e. The summed E-state index contributed by atoms with van der Waals surface area (Å²) in [6, 6.07) is 1.62. The van der Waals surface area contributed by atoms with Gasteiger partial charge in [0.15, 0.2) is 0 Å². The third-order valence-corrected chi connectivity index (χ3v) is 4.17. The van der Waals surface area contributed by atoms with Crippen molar-refractivity contribution in [2.75, 3.05) is 20.8 Å². The van der Waals surface area contributed by atoms with E-state index >= 15 is 0 Å². The predicted molar refractivity (Wildman–Crippen MR) is 79.2 cm³/mol. The van der Waals surface area contributed by atoms with Gasteiger partial charge in [-0.25, -0.2) is 5.43 Å². The SMILES string of the molecule is COCCn1ncc(Cl)c1C(NN)c1sccc1OC. The summed E-state index contributed by atoms with van der Waals surface area (Å²) in [4.78, 5) is 0.955. The van der Waals surface area contributed by atoms with Crippen LogP contribution in [-0.4, -0.2) is 30.6 Å². The van der Waals surface area contributed by atoms with Crippen LogP contribution in [0, 0.1) is 0 Å².